The van der Waals surface area contributed by atoms with Crippen LogP contribution in [0.15, 0.2) is 437 Å². The summed E-state index contributed by atoms with van der Waals surface area (Å²) >= 11 is 17.2. The topological polar surface area (TPSA) is 14.8 Å². The van der Waals surface area contributed by atoms with E-state index in [1.165, 1.54) is 314 Å². The van der Waals surface area contributed by atoms with E-state index in [1.54, 1.807) is 0 Å². The van der Waals surface area contributed by atoms with Crippen LogP contribution in [0.25, 0.3) is 303 Å². The largest absolute Gasteiger partial charge is 0.344 e. The van der Waals surface area contributed by atoms with E-state index in [0.29, 0.717) is 0 Å². The van der Waals surface area contributed by atoms with E-state index >= 15 is 0 Å². The van der Waals surface area contributed by atoms with E-state index in [2.05, 4.69) is 485 Å². The summed E-state index contributed by atoms with van der Waals surface area (Å²) in [5.74, 6) is 0. The van der Waals surface area contributed by atoms with E-state index in [1.807, 2.05) is 102 Å². The molecule has 34 aromatic rings. The lowest BCUT2D eigenvalue weighted by molar-refractivity contribution is 1.01. The van der Waals surface area contributed by atoms with Crippen LogP contribution < -0.4 is 0 Å². The Balaban J connectivity index is 0.0000000881. The van der Waals surface area contributed by atoms with Gasteiger partial charge >= 0.3 is 0 Å². The summed E-state index contributed by atoms with van der Waals surface area (Å²) in [4.78, 5) is 0. The number of thiophene rings is 9. The molecule has 12 heterocycles. The van der Waals surface area contributed by atoms with Crippen LogP contribution in [0.2, 0.25) is 0 Å². The Labute approximate surface area is 892 Å². The molecule has 34 rings (SSSR count). The first-order chi connectivity index (χ1) is 73.4. The minimum absolute atomic E-state index is 1.26. The van der Waals surface area contributed by atoms with Gasteiger partial charge in [0.25, 0.3) is 0 Å². The van der Waals surface area contributed by atoms with Crippen molar-refractivity contribution in [3.05, 3.63) is 448 Å². The van der Waals surface area contributed by atoms with Crippen molar-refractivity contribution in [1.29, 1.82) is 0 Å². The zero-order valence-electron chi connectivity index (χ0n) is 81.6. The van der Waals surface area contributed by atoms with Crippen LogP contribution in [0.4, 0.5) is 0 Å². The molecule has 0 saturated carbocycles. The minimum Gasteiger partial charge on any atom is -0.344 e. The van der Waals surface area contributed by atoms with Crippen molar-refractivity contribution >= 4 is 349 Å². The second-order valence-corrected chi connectivity index (χ2v) is 48.7. The molecule has 0 aliphatic heterocycles. The number of hydrogen-bond donors (Lipinski definition) is 0. The van der Waals surface area contributed by atoms with Crippen LogP contribution in [-0.4, -0.2) is 13.7 Å². The van der Waals surface area contributed by atoms with Crippen molar-refractivity contribution in [3.8, 4) is 55.6 Å². The van der Waals surface area contributed by atoms with Crippen LogP contribution >= 0.6 is 102 Å². The molecule has 22 aromatic carbocycles. The number of nitrogens with zero attached hydrogens (tertiary/aromatic N) is 3. The van der Waals surface area contributed by atoms with Gasteiger partial charge in [-0.25, -0.2) is 0 Å². The summed E-state index contributed by atoms with van der Waals surface area (Å²) in [6, 6.07) is 161. The second-order valence-electron chi connectivity index (χ2n) is 39.2. The van der Waals surface area contributed by atoms with Gasteiger partial charge in [-0.3, -0.25) is 0 Å². The molecule has 0 saturated heterocycles. The first-order valence-electron chi connectivity index (χ1n) is 50.4. The van der Waals surface area contributed by atoms with E-state index in [-0.39, 0.29) is 0 Å². The summed E-state index contributed by atoms with van der Waals surface area (Å²) in [5, 5.41) is 32.5. The maximum Gasteiger partial charge on any atom is 0.0534 e. The van der Waals surface area contributed by atoms with Crippen molar-refractivity contribution in [2.75, 3.05) is 0 Å². The third kappa shape index (κ3) is 14.3. The molecule has 0 radical (unpaired) electrons. The highest BCUT2D eigenvalue weighted by Gasteiger charge is 2.24. The molecule has 0 amide bonds. The second kappa shape index (κ2) is 35.2. The fraction of sp³-hybridized carbons (Fsp3) is 0.0365. The summed E-state index contributed by atoms with van der Waals surface area (Å²) in [6.45, 7) is 4.38. The predicted octanol–water partition coefficient (Wildman–Crippen LogP) is 43.6. The molecule has 704 valence electrons. The number of aryl methyl sites for hydroxylation is 5. The average molecular weight is 2060 g/mol. The lowest BCUT2D eigenvalue weighted by Gasteiger charge is -2.06. The van der Waals surface area contributed by atoms with Gasteiger partial charge in [0.2, 0.25) is 0 Å². The summed E-state index contributed by atoms with van der Waals surface area (Å²) in [5.41, 5.74) is 23.3. The minimum atomic E-state index is 1.26. The van der Waals surface area contributed by atoms with Crippen molar-refractivity contribution in [2.24, 2.45) is 21.1 Å². The molecule has 0 bridgehead atoms. The van der Waals surface area contributed by atoms with Gasteiger partial charge in [0.15, 0.2) is 0 Å². The van der Waals surface area contributed by atoms with E-state index < -0.39 is 0 Å². The fourth-order valence-electron chi connectivity index (χ4n) is 23.7. The quantitative estimate of drug-likeness (QED) is 0.163. The molecule has 0 spiro atoms. The number of aromatic nitrogens is 3. The Morgan fingerprint density at radius 1 is 0.134 bits per heavy atom. The Kier molecular flexibility index (Phi) is 20.9. The van der Waals surface area contributed by atoms with Gasteiger partial charge in [-0.05, 0) is 185 Å². The van der Waals surface area contributed by atoms with Crippen molar-refractivity contribution < 1.29 is 0 Å². The van der Waals surface area contributed by atoms with Gasteiger partial charge in [-0.1, -0.05) is 321 Å². The fourth-order valence-corrected chi connectivity index (χ4v) is 34.8. The molecule has 12 heteroatoms. The van der Waals surface area contributed by atoms with Gasteiger partial charge in [0.1, 0.15) is 0 Å². The van der Waals surface area contributed by atoms with Crippen LogP contribution in [0.3, 0.4) is 0 Å². The highest BCUT2D eigenvalue weighted by Crippen LogP contribution is 2.53. The van der Waals surface area contributed by atoms with Crippen LogP contribution in [0.5, 0.6) is 0 Å². The number of para-hydroxylation sites is 2. The molecule has 3 nitrogen and oxygen atoms in total. The molecule has 149 heavy (non-hydrogen) atoms. The molecule has 0 aliphatic carbocycles. The van der Waals surface area contributed by atoms with E-state index in [0.717, 1.165) is 0 Å². The van der Waals surface area contributed by atoms with Gasteiger partial charge in [-0.15, -0.1) is 102 Å². The third-order valence-corrected chi connectivity index (χ3v) is 42.0. The number of rotatable bonds is 5. The third-order valence-electron chi connectivity index (χ3n) is 30.8. The summed E-state index contributed by atoms with van der Waals surface area (Å²) < 4.78 is 31.7. The van der Waals surface area contributed by atoms with Gasteiger partial charge in [0.05, 0.1) is 9.40 Å². The summed E-state index contributed by atoms with van der Waals surface area (Å²) in [7, 11) is 6.50. The SMILES string of the molecule is Cc1ccc2sc3cc4c(cc3c2c1)sc1ccccc14.Cc1cccc2c1sc1c2ccc2c3ccccc3sc21.Cn1c2ccc(-c3cccc4c3sc3ccccc34)cc2c2cc(-c3cccc4c3sc3ccccc34)ccc21.Cn1c2ccccc2c2cc(-c3cccc4c3sc3c(-c5cccc6c5sc5ccccc56)cccc34)ccc21.Cn1c2ccccc2c2cc(-c3cccc4c3sc3ccccc34)ccc21. The molecule has 0 aliphatic rings. The molecular weight excluding hydrogens is 1980 g/mol. The smallest absolute Gasteiger partial charge is 0.0534 e. The maximum atomic E-state index is 2.40. The zero-order chi connectivity index (χ0) is 98.6. The Bertz CT molecular complexity index is 11400. The Hall–Kier alpha value is -15.8. The monoisotopic (exact) mass is 2060 g/mol. The highest BCUT2D eigenvalue weighted by atomic mass is 32.1. The molecule has 0 unspecified atom stereocenters. The molecule has 0 N–H and O–H groups in total. The van der Waals surface area contributed by atoms with Crippen molar-refractivity contribution in [3.63, 3.8) is 0 Å². The van der Waals surface area contributed by atoms with Crippen LogP contribution in [-0.2, 0) is 21.1 Å². The van der Waals surface area contributed by atoms with E-state index in [9.17, 15) is 0 Å². The lowest BCUT2D eigenvalue weighted by atomic mass is 9.98. The number of fused-ring (bicyclic) bond motifs is 37. The number of benzene rings is 22. The van der Waals surface area contributed by atoms with Crippen LogP contribution in [0.1, 0.15) is 11.1 Å². The molecular formula is C137H87N3S9. The van der Waals surface area contributed by atoms with Gasteiger partial charge in [-0.2, -0.15) is 0 Å². The number of hydrogen-bond acceptors (Lipinski definition) is 9. The molecule has 0 fully saturated rings. The maximum absolute atomic E-state index is 2.40. The zero-order valence-corrected chi connectivity index (χ0v) is 88.9. The molecule has 0 atom stereocenters. The highest BCUT2D eigenvalue weighted by molar-refractivity contribution is 7.34. The Morgan fingerprint density at radius 3 is 0.758 bits per heavy atom. The summed E-state index contributed by atoms with van der Waals surface area (Å²) in [6.07, 6.45) is 0. The lowest BCUT2D eigenvalue weighted by Crippen LogP contribution is -1.86. The normalized spacial score (nSPS) is 12.1. The Morgan fingerprint density at radius 2 is 0.369 bits per heavy atom. The van der Waals surface area contributed by atoms with Gasteiger partial charge < -0.3 is 13.7 Å². The molecule has 12 aromatic heterocycles. The first-order valence-corrected chi connectivity index (χ1v) is 57.8. The van der Waals surface area contributed by atoms with Crippen molar-refractivity contribution in [2.45, 2.75) is 13.8 Å². The van der Waals surface area contributed by atoms with E-state index in [4.69, 9.17) is 0 Å². The predicted molar refractivity (Wildman–Crippen MR) is 667 cm³/mol. The first kappa shape index (κ1) is 88.5. The standard InChI is InChI=1S/2C37H23NS2.C25H17NS.2C19H12S2/c1-38-32-17-4-2-9-24(32)31-21-22(19-20-33(31)38)23-11-6-13-27-29-15-8-16-30(37(29)40-35(23)27)28-14-7-12-26-25-10-3-5-18-34(25)39-36(26)28;1-38-32-18-16-22(24-10-6-12-28-26-8-2-4-14-34(26)39-36(24)28)20-30(32)31-21-23(17-19-33(31)38)25-11-7-13-29-27-9-3-5-15-35(27)40-37(25)29;1-26-22-11-4-2-7-18(22)21-15-16(13-14-23(21)26)17-9-6-10-20-19-8-3-5-12-24(19)27-25(17)20;1-11-5-4-7-13-15-10-9-14-12-6-2-3-8-16(12)20-18(14)19(15)21-17(11)13;1-11-6-7-17-13(8-11)15-10-18-14(9-19(15)21-17)12-4-2-3-5-16(12)20-18/h2*2-21H,1H3;2-15H,1H3;2*2-10H,1H3. The van der Waals surface area contributed by atoms with Crippen molar-refractivity contribution in [1.82, 2.24) is 13.7 Å². The van der Waals surface area contributed by atoms with Gasteiger partial charge in [0, 0.05) is 270 Å². The van der Waals surface area contributed by atoms with Crippen LogP contribution in [0, 0.1) is 13.8 Å². The average Bonchev–Trinajstić information content (AvgIpc) is 1.55.